The molecule has 2 unspecified atom stereocenters. The molecule has 0 spiro atoms. The molecule has 2 aromatic heterocycles. The number of anilines is 1. The van der Waals surface area contributed by atoms with Gasteiger partial charge < -0.3 is 16.4 Å². The number of hydrogen-bond donors (Lipinski definition) is 3. The first-order chi connectivity index (χ1) is 11.1. The fourth-order valence-corrected chi connectivity index (χ4v) is 3.98. The first-order valence-electron chi connectivity index (χ1n) is 7.92. The number of hydrogen-bond acceptors (Lipinski definition) is 5. The number of thiophene rings is 1. The van der Waals surface area contributed by atoms with Crippen molar-refractivity contribution in [2.45, 2.75) is 26.4 Å². The monoisotopic (exact) mass is 333 g/mol. The van der Waals surface area contributed by atoms with Gasteiger partial charge in [-0.25, -0.2) is 4.68 Å². The lowest BCUT2D eigenvalue weighted by Gasteiger charge is -2.29. The highest BCUT2D eigenvalue weighted by Crippen LogP contribution is 2.27. The molecule has 2 aromatic rings. The summed E-state index contributed by atoms with van der Waals surface area (Å²) in [5.41, 5.74) is 5.83. The van der Waals surface area contributed by atoms with E-state index in [0.717, 1.165) is 25.5 Å². The van der Waals surface area contributed by atoms with E-state index in [2.05, 4.69) is 47.1 Å². The van der Waals surface area contributed by atoms with Crippen LogP contribution in [0.2, 0.25) is 0 Å². The van der Waals surface area contributed by atoms with E-state index in [0.29, 0.717) is 23.4 Å². The van der Waals surface area contributed by atoms with Gasteiger partial charge in [0.15, 0.2) is 0 Å². The number of carbonyl (C=O) groups excluding carboxylic acids is 1. The molecule has 1 aliphatic rings. The van der Waals surface area contributed by atoms with E-state index in [1.165, 1.54) is 4.88 Å². The molecule has 124 valence electrons. The second-order valence-electron chi connectivity index (χ2n) is 6.35. The minimum atomic E-state index is -0.437. The Kier molecular flexibility index (Phi) is 4.68. The quantitative estimate of drug-likeness (QED) is 0.755. The lowest BCUT2D eigenvalue weighted by molar-refractivity contribution is 0.100. The zero-order chi connectivity index (χ0) is 16.4. The number of nitrogens with zero attached hydrogens (tertiary/aromatic N) is 2. The Bertz CT molecular complexity index is 664. The molecule has 4 N–H and O–H groups in total. The zero-order valence-corrected chi connectivity index (χ0v) is 14.3. The summed E-state index contributed by atoms with van der Waals surface area (Å²) < 4.78 is 1.84. The molecule has 0 fully saturated rings. The first kappa shape index (κ1) is 16.0. The van der Waals surface area contributed by atoms with Crippen molar-refractivity contribution in [3.05, 3.63) is 34.2 Å². The molecule has 0 aliphatic carbocycles. The summed E-state index contributed by atoms with van der Waals surface area (Å²) in [6.45, 7) is 6.98. The second kappa shape index (κ2) is 6.72. The molecular weight excluding hydrogens is 310 g/mol. The molecule has 0 radical (unpaired) electrons. The molecule has 6 nitrogen and oxygen atoms in total. The normalized spacial score (nSPS) is 18.5. The van der Waals surface area contributed by atoms with Crippen LogP contribution >= 0.6 is 11.3 Å². The van der Waals surface area contributed by atoms with Crippen LogP contribution < -0.4 is 16.4 Å². The van der Waals surface area contributed by atoms with Gasteiger partial charge in [-0.1, -0.05) is 19.9 Å². The van der Waals surface area contributed by atoms with Crippen LogP contribution in [0.5, 0.6) is 0 Å². The van der Waals surface area contributed by atoms with E-state index in [1.807, 2.05) is 4.68 Å². The van der Waals surface area contributed by atoms with E-state index in [1.54, 1.807) is 17.5 Å². The van der Waals surface area contributed by atoms with Crippen molar-refractivity contribution in [2.24, 2.45) is 17.6 Å². The van der Waals surface area contributed by atoms with Crippen molar-refractivity contribution in [3.8, 4) is 0 Å². The molecule has 0 saturated carbocycles. The summed E-state index contributed by atoms with van der Waals surface area (Å²) in [4.78, 5) is 12.7. The average Bonchev–Trinajstić information content (AvgIpc) is 3.15. The lowest BCUT2D eigenvalue weighted by Crippen LogP contribution is -2.38. The van der Waals surface area contributed by atoms with Crippen molar-refractivity contribution >= 4 is 23.1 Å². The molecule has 23 heavy (non-hydrogen) atoms. The molecule has 0 aromatic carbocycles. The summed E-state index contributed by atoms with van der Waals surface area (Å²) in [7, 11) is 0. The van der Waals surface area contributed by atoms with Gasteiger partial charge in [0.2, 0.25) is 0 Å². The molecule has 0 bridgehead atoms. The van der Waals surface area contributed by atoms with Crippen molar-refractivity contribution in [1.29, 1.82) is 0 Å². The maximum Gasteiger partial charge on any atom is 0.254 e. The predicted octanol–water partition coefficient (Wildman–Crippen LogP) is 2.07. The SMILES string of the molecule is CC(C)C(NCC1CNc2c(C(N)=O)cnn2C1)c1cccs1. The molecule has 2 atom stereocenters. The molecule has 0 saturated heterocycles. The number of rotatable bonds is 6. The van der Waals surface area contributed by atoms with Gasteiger partial charge in [0.25, 0.3) is 5.91 Å². The highest BCUT2D eigenvalue weighted by Gasteiger charge is 2.25. The van der Waals surface area contributed by atoms with Crippen molar-refractivity contribution in [3.63, 3.8) is 0 Å². The number of primary amides is 1. The van der Waals surface area contributed by atoms with Crippen LogP contribution in [0.4, 0.5) is 5.82 Å². The summed E-state index contributed by atoms with van der Waals surface area (Å²) >= 11 is 1.79. The average molecular weight is 333 g/mol. The van der Waals surface area contributed by atoms with Crippen LogP contribution in [0, 0.1) is 11.8 Å². The van der Waals surface area contributed by atoms with Gasteiger partial charge in [0.1, 0.15) is 11.4 Å². The Hall–Kier alpha value is -1.86. The summed E-state index contributed by atoms with van der Waals surface area (Å²) in [6, 6.07) is 4.66. The number of carbonyl (C=O) groups is 1. The van der Waals surface area contributed by atoms with Crippen LogP contribution in [0.25, 0.3) is 0 Å². The molecule has 3 rings (SSSR count). The predicted molar refractivity (Wildman–Crippen MR) is 92.6 cm³/mol. The third-order valence-corrected chi connectivity index (χ3v) is 5.19. The maximum absolute atomic E-state index is 11.4. The summed E-state index contributed by atoms with van der Waals surface area (Å²) in [6.07, 6.45) is 1.54. The van der Waals surface area contributed by atoms with Gasteiger partial charge in [-0.2, -0.15) is 5.10 Å². The topological polar surface area (TPSA) is 85.0 Å². The summed E-state index contributed by atoms with van der Waals surface area (Å²) in [5, 5.41) is 13.4. The molecule has 7 heteroatoms. The minimum absolute atomic E-state index is 0.371. The molecule has 1 aliphatic heterocycles. The van der Waals surface area contributed by atoms with Crippen LogP contribution in [-0.4, -0.2) is 28.8 Å². The van der Waals surface area contributed by atoms with E-state index < -0.39 is 5.91 Å². The van der Waals surface area contributed by atoms with Gasteiger partial charge >= 0.3 is 0 Å². The Balaban J connectivity index is 1.62. The second-order valence-corrected chi connectivity index (χ2v) is 7.32. The standard InChI is InChI=1S/C16H23N5OS/c1-10(2)14(13-4-3-5-23-13)18-6-11-7-19-16-12(15(17)22)8-20-21(16)9-11/h3-5,8,10-11,14,18-19H,6-7,9H2,1-2H3,(H2,17,22). The maximum atomic E-state index is 11.4. The third kappa shape index (κ3) is 3.40. The number of aromatic nitrogens is 2. The minimum Gasteiger partial charge on any atom is -0.369 e. The molecular formula is C16H23N5OS. The Morgan fingerprint density at radius 1 is 1.61 bits per heavy atom. The number of nitrogens with two attached hydrogens (primary N) is 1. The fourth-order valence-electron chi connectivity index (χ4n) is 3.00. The van der Waals surface area contributed by atoms with Gasteiger partial charge in [-0.3, -0.25) is 4.79 Å². The number of nitrogens with one attached hydrogen (secondary N) is 2. The van der Waals surface area contributed by atoms with Crippen molar-refractivity contribution in [1.82, 2.24) is 15.1 Å². The highest BCUT2D eigenvalue weighted by atomic mass is 32.1. The van der Waals surface area contributed by atoms with Crippen molar-refractivity contribution < 1.29 is 4.79 Å². The van der Waals surface area contributed by atoms with Crippen molar-refractivity contribution in [2.75, 3.05) is 18.4 Å². The number of amides is 1. The highest BCUT2D eigenvalue weighted by molar-refractivity contribution is 7.10. The van der Waals surface area contributed by atoms with Gasteiger partial charge in [0.05, 0.1) is 6.20 Å². The van der Waals surface area contributed by atoms with Crippen LogP contribution in [0.3, 0.4) is 0 Å². The van der Waals surface area contributed by atoms with Crippen LogP contribution in [0.1, 0.15) is 35.1 Å². The smallest absolute Gasteiger partial charge is 0.254 e. The van der Waals surface area contributed by atoms with Gasteiger partial charge in [-0.15, -0.1) is 11.3 Å². The number of fused-ring (bicyclic) bond motifs is 1. The van der Waals surface area contributed by atoms with E-state index in [4.69, 9.17) is 5.73 Å². The Labute approximate surface area is 140 Å². The zero-order valence-electron chi connectivity index (χ0n) is 13.5. The van der Waals surface area contributed by atoms with Gasteiger partial charge in [-0.05, 0) is 17.4 Å². The third-order valence-electron chi connectivity index (χ3n) is 4.24. The van der Waals surface area contributed by atoms with Crippen LogP contribution in [-0.2, 0) is 6.54 Å². The molecule has 3 heterocycles. The lowest BCUT2D eigenvalue weighted by atomic mass is 10.0. The summed E-state index contributed by atoms with van der Waals surface area (Å²) in [5.74, 6) is 1.26. The van der Waals surface area contributed by atoms with E-state index >= 15 is 0 Å². The molecule has 1 amide bonds. The largest absolute Gasteiger partial charge is 0.369 e. The van der Waals surface area contributed by atoms with Crippen LogP contribution in [0.15, 0.2) is 23.7 Å². The Morgan fingerprint density at radius 3 is 3.09 bits per heavy atom. The first-order valence-corrected chi connectivity index (χ1v) is 8.80. The Morgan fingerprint density at radius 2 is 2.43 bits per heavy atom. The fraction of sp³-hybridized carbons (Fsp3) is 0.500. The van der Waals surface area contributed by atoms with E-state index in [9.17, 15) is 4.79 Å². The van der Waals surface area contributed by atoms with E-state index in [-0.39, 0.29) is 0 Å². The van der Waals surface area contributed by atoms with Gasteiger partial charge in [0, 0.05) is 36.5 Å².